The first-order valence-corrected chi connectivity index (χ1v) is 12.0. The summed E-state index contributed by atoms with van der Waals surface area (Å²) < 4.78 is 60.3. The standard InChI is InChI=1S/C10H16FN4O10P3/c11-4-8(3-7-5-14-15-9(12)1-2-13-10(7)15)23-6-26(16,17)24-28(21,22)25-27(18,19)20/h1-2,5,8H,3-4,6,12H2,(H,16,17)(H,21,22)(H2,18,19,20)/t8-/m1/s1. The smallest absolute Gasteiger partial charge is 0.384 e. The van der Waals surface area contributed by atoms with Crippen LogP contribution in [0.15, 0.2) is 18.5 Å². The summed E-state index contributed by atoms with van der Waals surface area (Å²) in [6.45, 7) is -1.12. The number of halogens is 1. The zero-order chi connectivity index (χ0) is 21.2. The number of aromatic nitrogens is 3. The van der Waals surface area contributed by atoms with Crippen molar-refractivity contribution in [2.45, 2.75) is 12.5 Å². The number of alkyl halides is 1. The van der Waals surface area contributed by atoms with Crippen molar-refractivity contribution >= 4 is 34.7 Å². The van der Waals surface area contributed by atoms with E-state index in [0.29, 0.717) is 11.2 Å². The van der Waals surface area contributed by atoms with Crippen LogP contribution in [0.1, 0.15) is 5.56 Å². The molecule has 14 nitrogen and oxygen atoms in total. The molecule has 0 spiro atoms. The lowest BCUT2D eigenvalue weighted by Gasteiger charge is -2.19. The van der Waals surface area contributed by atoms with Crippen molar-refractivity contribution in [3.63, 3.8) is 0 Å². The van der Waals surface area contributed by atoms with E-state index in [1.165, 1.54) is 23.0 Å². The minimum atomic E-state index is -5.59. The minimum Gasteiger partial charge on any atom is -0.384 e. The van der Waals surface area contributed by atoms with Crippen LogP contribution in [0.5, 0.6) is 0 Å². The summed E-state index contributed by atoms with van der Waals surface area (Å²) in [5.74, 6) is 0.269. The molecule has 0 amide bonds. The van der Waals surface area contributed by atoms with Crippen LogP contribution < -0.4 is 5.73 Å². The predicted molar refractivity (Wildman–Crippen MR) is 90.7 cm³/mol. The van der Waals surface area contributed by atoms with Crippen LogP contribution in [0, 0.1) is 0 Å². The van der Waals surface area contributed by atoms with Gasteiger partial charge >= 0.3 is 23.2 Å². The fraction of sp³-hybridized carbons (Fsp3) is 0.400. The number of hydrogen-bond acceptors (Lipinski definition) is 9. The van der Waals surface area contributed by atoms with Gasteiger partial charge in [-0.15, -0.1) is 0 Å². The normalized spacial score (nSPS) is 17.9. The van der Waals surface area contributed by atoms with Crippen LogP contribution in [0.4, 0.5) is 10.2 Å². The molecule has 0 radical (unpaired) electrons. The number of nitrogens with zero attached hydrogens (tertiary/aromatic N) is 3. The maximum absolute atomic E-state index is 13.2. The maximum Gasteiger partial charge on any atom is 0.488 e. The van der Waals surface area contributed by atoms with Crippen LogP contribution in [0.2, 0.25) is 0 Å². The van der Waals surface area contributed by atoms with Crippen molar-refractivity contribution in [1.82, 2.24) is 14.6 Å². The van der Waals surface area contributed by atoms with Gasteiger partial charge in [0.2, 0.25) is 0 Å². The zero-order valence-electron chi connectivity index (χ0n) is 13.8. The van der Waals surface area contributed by atoms with Gasteiger partial charge in [0.1, 0.15) is 18.8 Å². The molecule has 0 aliphatic rings. The summed E-state index contributed by atoms with van der Waals surface area (Å²) in [5, 5.41) is 3.96. The second-order valence-electron chi connectivity index (χ2n) is 5.31. The van der Waals surface area contributed by atoms with E-state index in [0.717, 1.165) is 0 Å². The van der Waals surface area contributed by atoms with Gasteiger partial charge in [-0.1, -0.05) is 0 Å². The maximum atomic E-state index is 13.2. The average molecular weight is 464 g/mol. The van der Waals surface area contributed by atoms with E-state index in [1.54, 1.807) is 0 Å². The van der Waals surface area contributed by atoms with Crippen LogP contribution in [-0.2, 0) is 33.5 Å². The molecule has 18 heteroatoms. The van der Waals surface area contributed by atoms with Gasteiger partial charge in [-0.2, -0.15) is 13.9 Å². The van der Waals surface area contributed by atoms with Gasteiger partial charge < -0.3 is 30.0 Å². The Bertz CT molecular complexity index is 980. The van der Waals surface area contributed by atoms with Gasteiger partial charge in [0.15, 0.2) is 5.65 Å². The lowest BCUT2D eigenvalue weighted by molar-refractivity contribution is 0.0560. The van der Waals surface area contributed by atoms with Crippen molar-refractivity contribution in [3.8, 4) is 0 Å². The molecule has 0 saturated heterocycles. The van der Waals surface area contributed by atoms with Gasteiger partial charge in [0.25, 0.3) is 0 Å². The molecule has 158 valence electrons. The van der Waals surface area contributed by atoms with Crippen LogP contribution >= 0.6 is 23.2 Å². The number of ether oxygens (including phenoxy) is 1. The molecule has 2 heterocycles. The Morgan fingerprint density at radius 2 is 1.89 bits per heavy atom. The van der Waals surface area contributed by atoms with E-state index >= 15 is 0 Å². The molecular weight excluding hydrogens is 448 g/mol. The highest BCUT2D eigenvalue weighted by Gasteiger charge is 2.40. The Morgan fingerprint density at radius 1 is 1.21 bits per heavy atom. The number of anilines is 1. The summed E-state index contributed by atoms with van der Waals surface area (Å²) in [5.41, 5.74) is 6.41. The second-order valence-corrected chi connectivity index (χ2v) is 10.1. The summed E-state index contributed by atoms with van der Waals surface area (Å²) in [6, 6.07) is 1.49. The Balaban J connectivity index is 2.02. The van der Waals surface area contributed by atoms with Crippen molar-refractivity contribution in [1.29, 1.82) is 0 Å². The molecule has 0 bridgehead atoms. The summed E-state index contributed by atoms with van der Waals surface area (Å²) in [6.07, 6.45) is 0.0466. The monoisotopic (exact) mass is 464 g/mol. The number of fused-ring (bicyclic) bond motifs is 1. The first-order chi connectivity index (χ1) is 12.8. The Kier molecular flexibility index (Phi) is 7.11. The van der Waals surface area contributed by atoms with E-state index in [1.807, 2.05) is 0 Å². The molecule has 2 aromatic rings. The Morgan fingerprint density at radius 3 is 2.50 bits per heavy atom. The number of rotatable bonds is 10. The molecule has 0 saturated carbocycles. The second kappa shape index (κ2) is 8.64. The Hall–Kier alpha value is -1.24. The van der Waals surface area contributed by atoms with Gasteiger partial charge in [0, 0.05) is 18.2 Å². The fourth-order valence-electron chi connectivity index (χ4n) is 2.04. The third kappa shape index (κ3) is 6.68. The largest absolute Gasteiger partial charge is 0.488 e. The van der Waals surface area contributed by atoms with E-state index in [9.17, 15) is 23.0 Å². The van der Waals surface area contributed by atoms with Crippen molar-refractivity contribution in [2.75, 3.05) is 18.8 Å². The zero-order valence-corrected chi connectivity index (χ0v) is 16.5. The third-order valence-electron chi connectivity index (χ3n) is 3.04. The fourth-order valence-corrected chi connectivity index (χ4v) is 5.38. The van der Waals surface area contributed by atoms with E-state index < -0.39 is 42.4 Å². The van der Waals surface area contributed by atoms with Gasteiger partial charge in [-0.05, 0) is 6.07 Å². The number of nitrogen functional groups attached to an aromatic ring is 1. The molecular formula is C10H16FN4O10P3. The van der Waals surface area contributed by atoms with Crippen molar-refractivity contribution in [2.24, 2.45) is 0 Å². The Labute approximate surface area is 156 Å². The van der Waals surface area contributed by atoms with Gasteiger partial charge in [-0.25, -0.2) is 22.8 Å². The molecule has 2 rings (SSSR count). The van der Waals surface area contributed by atoms with E-state index in [4.69, 9.17) is 25.2 Å². The molecule has 28 heavy (non-hydrogen) atoms. The number of phosphoric acid groups is 2. The van der Waals surface area contributed by atoms with Crippen molar-refractivity contribution in [3.05, 3.63) is 24.0 Å². The van der Waals surface area contributed by atoms with E-state index in [-0.39, 0.29) is 12.2 Å². The van der Waals surface area contributed by atoms with E-state index in [2.05, 4.69) is 18.7 Å². The topological polar surface area (TPSA) is 216 Å². The van der Waals surface area contributed by atoms with Crippen LogP contribution in [-0.4, -0.2) is 53.3 Å². The summed E-state index contributed by atoms with van der Waals surface area (Å²) in [7, 11) is -16.1. The lowest BCUT2D eigenvalue weighted by Crippen LogP contribution is -2.19. The third-order valence-corrected chi connectivity index (χ3v) is 7.03. The van der Waals surface area contributed by atoms with Crippen LogP contribution in [0.3, 0.4) is 0 Å². The van der Waals surface area contributed by atoms with Crippen LogP contribution in [0.25, 0.3) is 5.65 Å². The molecule has 2 unspecified atom stereocenters. The molecule has 0 aromatic carbocycles. The highest BCUT2D eigenvalue weighted by molar-refractivity contribution is 7.68. The molecule has 0 aliphatic heterocycles. The minimum absolute atomic E-state index is 0.147. The lowest BCUT2D eigenvalue weighted by atomic mass is 10.1. The molecule has 0 fully saturated rings. The molecule has 3 atom stereocenters. The number of hydrogen-bond donors (Lipinski definition) is 5. The number of nitrogens with two attached hydrogens (primary N) is 1. The predicted octanol–water partition coefficient (Wildman–Crippen LogP) is 0.578. The van der Waals surface area contributed by atoms with Crippen molar-refractivity contribution < 1.29 is 51.0 Å². The highest BCUT2D eigenvalue weighted by atomic mass is 31.3. The molecule has 6 N–H and O–H groups in total. The SMILES string of the molecule is Nc1ccnc2c(C[C@H](CF)OCP(=O)(O)OP(=O)(O)OP(=O)(O)O)cnn12. The molecule has 0 aliphatic carbocycles. The van der Waals surface area contributed by atoms with Gasteiger partial charge in [-0.3, -0.25) is 4.57 Å². The van der Waals surface area contributed by atoms with Gasteiger partial charge in [0.05, 0.1) is 12.3 Å². The molecule has 2 aromatic heterocycles. The quantitative estimate of drug-likeness (QED) is 0.304. The first kappa shape index (κ1) is 23.0. The average Bonchev–Trinajstić information content (AvgIpc) is 2.92. The summed E-state index contributed by atoms with van der Waals surface area (Å²) >= 11 is 0. The highest BCUT2D eigenvalue weighted by Crippen LogP contribution is 2.65. The first-order valence-electron chi connectivity index (χ1n) is 7.19. The summed E-state index contributed by atoms with van der Waals surface area (Å²) in [4.78, 5) is 39.5.